The van der Waals surface area contributed by atoms with Crippen LogP contribution in [0, 0.1) is 5.41 Å². The number of halogens is 1. The van der Waals surface area contributed by atoms with Gasteiger partial charge in [0.15, 0.2) is 0 Å². The monoisotopic (exact) mass is 332 g/mol. The first-order valence-electron chi connectivity index (χ1n) is 5.24. The van der Waals surface area contributed by atoms with Crippen LogP contribution in [-0.4, -0.2) is 22.8 Å². The van der Waals surface area contributed by atoms with Crippen LogP contribution in [0.2, 0.25) is 0 Å². The number of hydrogen-bond acceptors (Lipinski definition) is 3. The molecule has 0 radical (unpaired) electrons. The first-order valence-corrected chi connectivity index (χ1v) is 7.32. The molecule has 2 N–H and O–H groups in total. The maximum Gasteiger partial charge on any atom is 0.235 e. The molecule has 0 bridgehead atoms. The number of carbonyl (C=O) groups is 1. The molecule has 6 heteroatoms. The Labute approximate surface area is 118 Å². The van der Waals surface area contributed by atoms with E-state index in [1.165, 1.54) is 0 Å². The number of thiocarbonyl (C=S) groups is 1. The topological polar surface area (TPSA) is 46.3 Å². The van der Waals surface area contributed by atoms with E-state index in [-0.39, 0.29) is 5.91 Å². The molecule has 0 aliphatic heterocycles. The molecule has 2 rings (SSSR count). The average Bonchev–Trinajstić information content (AvgIpc) is 2.98. The summed E-state index contributed by atoms with van der Waals surface area (Å²) in [5.74, 6) is 0.0505. The summed E-state index contributed by atoms with van der Waals surface area (Å²) in [7, 11) is 1.80. The Hall–Kier alpha value is -0.460. The first-order chi connectivity index (χ1) is 7.95. The Bertz CT molecular complexity index is 468. The second kappa shape index (κ2) is 4.66. The maximum absolute atomic E-state index is 12.2. The molecule has 1 fully saturated rings. The van der Waals surface area contributed by atoms with Crippen molar-refractivity contribution in [2.75, 3.05) is 7.05 Å². The molecule has 0 unspecified atom stereocenters. The van der Waals surface area contributed by atoms with Crippen LogP contribution < -0.4 is 5.73 Å². The standard InChI is InChI=1S/C11H13BrN2OS2/c1-14(5-8-4-7(12)6-17-8)10(15)11(2-3-11)9(13)16/h4,6H,2-3,5H2,1H3,(H2,13,16). The van der Waals surface area contributed by atoms with E-state index in [9.17, 15) is 4.79 Å². The van der Waals surface area contributed by atoms with Gasteiger partial charge in [-0.2, -0.15) is 0 Å². The predicted octanol–water partition coefficient (Wildman–Crippen LogP) is 2.54. The van der Waals surface area contributed by atoms with Gasteiger partial charge < -0.3 is 10.6 Å². The van der Waals surface area contributed by atoms with Crippen molar-refractivity contribution < 1.29 is 4.79 Å². The van der Waals surface area contributed by atoms with Crippen LogP contribution in [0.15, 0.2) is 15.9 Å². The van der Waals surface area contributed by atoms with Gasteiger partial charge in [-0.15, -0.1) is 11.3 Å². The third-order valence-corrected chi connectivity index (χ3v) is 5.07. The SMILES string of the molecule is CN(Cc1cc(Br)cs1)C(=O)C1(C(N)=S)CC1. The van der Waals surface area contributed by atoms with E-state index >= 15 is 0 Å². The number of carbonyl (C=O) groups excluding carboxylic acids is 1. The van der Waals surface area contributed by atoms with Crippen LogP contribution in [0.1, 0.15) is 17.7 Å². The summed E-state index contributed by atoms with van der Waals surface area (Å²) < 4.78 is 1.05. The predicted molar refractivity (Wildman–Crippen MR) is 76.9 cm³/mol. The lowest BCUT2D eigenvalue weighted by molar-refractivity contribution is -0.133. The van der Waals surface area contributed by atoms with Gasteiger partial charge in [0.25, 0.3) is 0 Å². The molecule has 1 aliphatic carbocycles. The lowest BCUT2D eigenvalue weighted by Gasteiger charge is -2.22. The minimum atomic E-state index is -0.543. The summed E-state index contributed by atoms with van der Waals surface area (Å²) in [5, 5.41) is 2.01. The summed E-state index contributed by atoms with van der Waals surface area (Å²) in [5.41, 5.74) is 5.10. The highest BCUT2D eigenvalue weighted by Crippen LogP contribution is 2.47. The molecule has 1 heterocycles. The molecule has 0 spiro atoms. The Morgan fingerprint density at radius 3 is 2.76 bits per heavy atom. The summed E-state index contributed by atoms with van der Waals surface area (Å²) in [4.78, 5) is 15.4. The Kier molecular flexibility index (Phi) is 3.56. The first kappa shape index (κ1) is 13.0. The molecule has 3 nitrogen and oxygen atoms in total. The molecule has 92 valence electrons. The minimum Gasteiger partial charge on any atom is -0.392 e. The van der Waals surface area contributed by atoms with Gasteiger partial charge in [0.2, 0.25) is 5.91 Å². The summed E-state index contributed by atoms with van der Waals surface area (Å²) in [6, 6.07) is 2.02. The van der Waals surface area contributed by atoms with Crippen LogP contribution in [0.25, 0.3) is 0 Å². The fourth-order valence-corrected chi connectivity index (χ4v) is 3.59. The Balaban J connectivity index is 2.03. The van der Waals surface area contributed by atoms with Crippen molar-refractivity contribution in [1.29, 1.82) is 0 Å². The molecule has 1 aromatic heterocycles. The molecule has 0 saturated heterocycles. The van der Waals surface area contributed by atoms with Crippen molar-refractivity contribution in [3.8, 4) is 0 Å². The normalized spacial score (nSPS) is 16.6. The van der Waals surface area contributed by atoms with Crippen molar-refractivity contribution in [3.05, 3.63) is 20.8 Å². The highest BCUT2D eigenvalue weighted by molar-refractivity contribution is 9.10. The maximum atomic E-state index is 12.2. The number of amides is 1. The number of hydrogen-bond donors (Lipinski definition) is 1. The molecular weight excluding hydrogens is 320 g/mol. The zero-order valence-electron chi connectivity index (χ0n) is 9.40. The molecule has 17 heavy (non-hydrogen) atoms. The quantitative estimate of drug-likeness (QED) is 0.862. The molecule has 0 aromatic carbocycles. The highest BCUT2D eigenvalue weighted by atomic mass is 79.9. The van der Waals surface area contributed by atoms with E-state index < -0.39 is 5.41 Å². The fraction of sp³-hybridized carbons (Fsp3) is 0.455. The van der Waals surface area contributed by atoms with Crippen molar-refractivity contribution >= 4 is 50.4 Å². The zero-order chi connectivity index (χ0) is 12.6. The zero-order valence-corrected chi connectivity index (χ0v) is 12.6. The number of nitrogens with zero attached hydrogens (tertiary/aromatic N) is 1. The van der Waals surface area contributed by atoms with Gasteiger partial charge in [0.05, 0.1) is 16.9 Å². The van der Waals surface area contributed by atoms with Crippen molar-refractivity contribution in [1.82, 2.24) is 4.90 Å². The smallest absolute Gasteiger partial charge is 0.235 e. The summed E-state index contributed by atoms with van der Waals surface area (Å²) >= 11 is 10.0. The lowest BCUT2D eigenvalue weighted by atomic mass is 10.1. The summed E-state index contributed by atoms with van der Waals surface area (Å²) in [6.07, 6.45) is 1.58. The second-order valence-corrected chi connectivity index (χ2v) is 6.69. The van der Waals surface area contributed by atoms with E-state index in [1.807, 2.05) is 11.4 Å². The number of nitrogens with two attached hydrogens (primary N) is 1. The van der Waals surface area contributed by atoms with Gasteiger partial charge >= 0.3 is 0 Å². The van der Waals surface area contributed by atoms with E-state index in [0.29, 0.717) is 11.5 Å². The lowest BCUT2D eigenvalue weighted by Crippen LogP contribution is -2.40. The number of thiophene rings is 1. The Morgan fingerprint density at radius 2 is 2.35 bits per heavy atom. The third-order valence-electron chi connectivity index (χ3n) is 2.99. The number of rotatable bonds is 4. The van der Waals surface area contributed by atoms with E-state index in [0.717, 1.165) is 22.2 Å². The molecule has 1 amide bonds. The molecule has 1 aromatic rings. The van der Waals surface area contributed by atoms with Crippen LogP contribution in [-0.2, 0) is 11.3 Å². The fourth-order valence-electron chi connectivity index (χ4n) is 1.80. The third kappa shape index (κ3) is 2.53. The highest BCUT2D eigenvalue weighted by Gasteiger charge is 2.53. The van der Waals surface area contributed by atoms with Gasteiger partial charge in [0, 0.05) is 21.8 Å². The second-order valence-electron chi connectivity index (χ2n) is 4.34. The van der Waals surface area contributed by atoms with E-state index in [1.54, 1.807) is 23.3 Å². The largest absolute Gasteiger partial charge is 0.392 e. The average molecular weight is 333 g/mol. The van der Waals surface area contributed by atoms with E-state index in [2.05, 4.69) is 15.9 Å². The van der Waals surface area contributed by atoms with Crippen molar-refractivity contribution in [2.24, 2.45) is 11.1 Å². The Morgan fingerprint density at radius 1 is 1.71 bits per heavy atom. The van der Waals surface area contributed by atoms with Gasteiger partial charge in [-0.1, -0.05) is 12.2 Å². The van der Waals surface area contributed by atoms with Crippen LogP contribution in [0.4, 0.5) is 0 Å². The van der Waals surface area contributed by atoms with Crippen LogP contribution >= 0.6 is 39.5 Å². The minimum absolute atomic E-state index is 0.0505. The van der Waals surface area contributed by atoms with Gasteiger partial charge in [-0.05, 0) is 34.8 Å². The van der Waals surface area contributed by atoms with E-state index in [4.69, 9.17) is 18.0 Å². The summed E-state index contributed by atoms with van der Waals surface area (Å²) in [6.45, 7) is 0.611. The van der Waals surface area contributed by atoms with Gasteiger partial charge in [-0.25, -0.2) is 0 Å². The molecule has 1 saturated carbocycles. The van der Waals surface area contributed by atoms with Crippen LogP contribution in [0.5, 0.6) is 0 Å². The van der Waals surface area contributed by atoms with Gasteiger partial charge in [-0.3, -0.25) is 4.79 Å². The van der Waals surface area contributed by atoms with Crippen molar-refractivity contribution in [2.45, 2.75) is 19.4 Å². The van der Waals surface area contributed by atoms with Crippen molar-refractivity contribution in [3.63, 3.8) is 0 Å². The molecular formula is C11H13BrN2OS2. The molecule has 0 atom stereocenters. The molecule has 1 aliphatic rings. The van der Waals surface area contributed by atoms with Gasteiger partial charge in [0.1, 0.15) is 0 Å². The van der Waals surface area contributed by atoms with Crippen LogP contribution in [0.3, 0.4) is 0 Å².